The highest BCUT2D eigenvalue weighted by Crippen LogP contribution is 2.12. The number of esters is 1. The van der Waals surface area contributed by atoms with Crippen LogP contribution in [-0.2, 0) is 4.74 Å². The minimum absolute atomic E-state index is 0.0336. The van der Waals surface area contributed by atoms with Crippen molar-refractivity contribution in [2.45, 2.75) is 0 Å². The van der Waals surface area contributed by atoms with Crippen molar-refractivity contribution in [2.24, 2.45) is 0 Å². The van der Waals surface area contributed by atoms with E-state index in [1.807, 2.05) is 0 Å². The van der Waals surface area contributed by atoms with Gasteiger partial charge in [-0.1, -0.05) is 11.8 Å². The van der Waals surface area contributed by atoms with Gasteiger partial charge >= 0.3 is 5.97 Å². The van der Waals surface area contributed by atoms with Gasteiger partial charge in [-0.15, -0.1) is 12.8 Å². The molecule has 80 valence electrons. The Bertz CT molecular complexity index is 432. The smallest absolute Gasteiger partial charge is 0.339 e. The molecule has 0 heterocycles. The zero-order chi connectivity index (χ0) is 11.8. The van der Waals surface area contributed by atoms with Crippen molar-refractivity contribution in [3.63, 3.8) is 0 Å². The van der Waals surface area contributed by atoms with Crippen molar-refractivity contribution in [2.75, 3.05) is 13.2 Å². The Morgan fingerprint density at radius 1 is 1.12 bits per heavy atom. The molecule has 0 amide bonds. The molecule has 0 spiro atoms. The van der Waals surface area contributed by atoms with Crippen LogP contribution in [0.15, 0.2) is 24.3 Å². The molecular weight excluding hydrogens is 204 g/mol. The van der Waals surface area contributed by atoms with Crippen molar-refractivity contribution < 1.29 is 14.3 Å². The van der Waals surface area contributed by atoms with Crippen LogP contribution in [-0.4, -0.2) is 19.2 Å². The first-order valence-corrected chi connectivity index (χ1v) is 4.55. The van der Waals surface area contributed by atoms with Crippen molar-refractivity contribution in [1.82, 2.24) is 0 Å². The van der Waals surface area contributed by atoms with E-state index in [4.69, 9.17) is 22.3 Å². The molecule has 3 nitrogen and oxygen atoms in total. The van der Waals surface area contributed by atoms with Gasteiger partial charge in [0, 0.05) is 0 Å². The van der Waals surface area contributed by atoms with Crippen LogP contribution < -0.4 is 4.74 Å². The molecule has 0 aromatic heterocycles. The predicted molar refractivity (Wildman–Crippen MR) is 59.9 cm³/mol. The molecule has 16 heavy (non-hydrogen) atoms. The third-order valence-corrected chi connectivity index (χ3v) is 1.70. The molecule has 0 atom stereocenters. The van der Waals surface area contributed by atoms with Crippen LogP contribution in [0.1, 0.15) is 10.4 Å². The van der Waals surface area contributed by atoms with Gasteiger partial charge in [0.2, 0.25) is 0 Å². The quantitative estimate of drug-likeness (QED) is 0.562. The van der Waals surface area contributed by atoms with Gasteiger partial charge in [-0.25, -0.2) is 4.79 Å². The molecule has 0 fully saturated rings. The third kappa shape index (κ3) is 3.40. The molecule has 0 saturated heterocycles. The Hall–Kier alpha value is -2.39. The van der Waals surface area contributed by atoms with E-state index in [0.29, 0.717) is 11.3 Å². The highest BCUT2D eigenvalue weighted by molar-refractivity contribution is 5.89. The first-order valence-electron chi connectivity index (χ1n) is 4.55. The summed E-state index contributed by atoms with van der Waals surface area (Å²) in [5.74, 6) is 4.71. The molecule has 1 aromatic carbocycles. The minimum Gasteiger partial charge on any atom is -0.481 e. The van der Waals surface area contributed by atoms with Crippen LogP contribution in [0.4, 0.5) is 0 Å². The van der Waals surface area contributed by atoms with Gasteiger partial charge in [0.05, 0.1) is 5.56 Å². The second-order valence-electron chi connectivity index (χ2n) is 2.80. The molecular formula is C13H10O3. The van der Waals surface area contributed by atoms with E-state index in [9.17, 15) is 4.79 Å². The molecule has 0 aliphatic rings. The number of benzene rings is 1. The number of terminal acetylenes is 2. The summed E-state index contributed by atoms with van der Waals surface area (Å²) in [4.78, 5) is 11.3. The monoisotopic (exact) mass is 214 g/mol. The maximum Gasteiger partial charge on any atom is 0.339 e. The van der Waals surface area contributed by atoms with E-state index >= 15 is 0 Å². The molecule has 1 aromatic rings. The van der Waals surface area contributed by atoms with E-state index in [1.54, 1.807) is 24.3 Å². The summed E-state index contributed by atoms with van der Waals surface area (Å²) in [5.41, 5.74) is 0.420. The number of rotatable bonds is 4. The molecule has 0 N–H and O–H groups in total. The zero-order valence-corrected chi connectivity index (χ0v) is 8.60. The number of hydrogen-bond donors (Lipinski definition) is 0. The Kier molecular flexibility index (Phi) is 4.50. The lowest BCUT2D eigenvalue weighted by Gasteiger charge is -2.03. The fourth-order valence-corrected chi connectivity index (χ4v) is 1.00. The second kappa shape index (κ2) is 6.16. The topological polar surface area (TPSA) is 35.5 Å². The number of ether oxygens (including phenoxy) is 2. The van der Waals surface area contributed by atoms with Crippen LogP contribution >= 0.6 is 0 Å². The highest BCUT2D eigenvalue weighted by atomic mass is 16.5. The normalized spacial score (nSPS) is 8.62. The van der Waals surface area contributed by atoms with E-state index in [1.165, 1.54) is 0 Å². The molecule has 0 saturated carbocycles. The SMILES string of the molecule is C#CCOC(=O)c1ccc(OCC#C)cc1. The summed E-state index contributed by atoms with van der Waals surface area (Å²) in [6.45, 7) is 0.162. The minimum atomic E-state index is -0.457. The van der Waals surface area contributed by atoms with Crippen molar-refractivity contribution in [3.8, 4) is 30.4 Å². The van der Waals surface area contributed by atoms with Gasteiger partial charge in [-0.2, -0.15) is 0 Å². The van der Waals surface area contributed by atoms with E-state index in [0.717, 1.165) is 0 Å². The molecule has 0 aliphatic heterocycles. The number of carbonyl (C=O) groups is 1. The molecule has 0 aliphatic carbocycles. The van der Waals surface area contributed by atoms with E-state index in [-0.39, 0.29) is 13.2 Å². The molecule has 0 bridgehead atoms. The molecule has 1 rings (SSSR count). The van der Waals surface area contributed by atoms with Gasteiger partial charge in [0.15, 0.2) is 6.61 Å². The first-order chi connectivity index (χ1) is 7.77. The highest BCUT2D eigenvalue weighted by Gasteiger charge is 2.05. The predicted octanol–water partition coefficient (Wildman–Crippen LogP) is 1.49. The summed E-state index contributed by atoms with van der Waals surface area (Å²) in [6.07, 6.45) is 10.0. The largest absolute Gasteiger partial charge is 0.481 e. The van der Waals surface area contributed by atoms with Crippen LogP contribution in [0.3, 0.4) is 0 Å². The summed E-state index contributed by atoms with van der Waals surface area (Å²) in [5, 5.41) is 0. The molecule has 0 unspecified atom stereocenters. The lowest BCUT2D eigenvalue weighted by Crippen LogP contribution is -2.05. The number of carbonyl (C=O) groups excluding carboxylic acids is 1. The zero-order valence-electron chi connectivity index (χ0n) is 8.60. The fraction of sp³-hybridized carbons (Fsp3) is 0.154. The summed E-state index contributed by atoms with van der Waals surface area (Å²) < 4.78 is 9.90. The molecule has 3 heteroatoms. The van der Waals surface area contributed by atoms with E-state index < -0.39 is 5.97 Å². The van der Waals surface area contributed by atoms with Crippen LogP contribution in [0.2, 0.25) is 0 Å². The Balaban J connectivity index is 2.61. The van der Waals surface area contributed by atoms with Gasteiger partial charge in [-0.05, 0) is 24.3 Å². The average Bonchev–Trinajstić information content (AvgIpc) is 2.34. The van der Waals surface area contributed by atoms with Gasteiger partial charge in [0.1, 0.15) is 12.4 Å². The second-order valence-corrected chi connectivity index (χ2v) is 2.80. The Labute approximate surface area is 94.4 Å². The van der Waals surface area contributed by atoms with Crippen LogP contribution in [0, 0.1) is 24.7 Å². The summed E-state index contributed by atoms with van der Waals surface area (Å²) in [6, 6.07) is 6.46. The van der Waals surface area contributed by atoms with Crippen LogP contribution in [0.25, 0.3) is 0 Å². The average molecular weight is 214 g/mol. The van der Waals surface area contributed by atoms with Gasteiger partial charge in [-0.3, -0.25) is 0 Å². The third-order valence-electron chi connectivity index (χ3n) is 1.70. The summed E-state index contributed by atoms with van der Waals surface area (Å²) >= 11 is 0. The lowest BCUT2D eigenvalue weighted by molar-refractivity contribution is 0.0557. The maximum atomic E-state index is 11.3. The van der Waals surface area contributed by atoms with Crippen LogP contribution in [0.5, 0.6) is 5.75 Å². The maximum absolute atomic E-state index is 11.3. The van der Waals surface area contributed by atoms with Crippen molar-refractivity contribution in [1.29, 1.82) is 0 Å². The fourth-order valence-electron chi connectivity index (χ4n) is 1.00. The summed E-state index contributed by atoms with van der Waals surface area (Å²) in [7, 11) is 0. The standard InChI is InChI=1S/C13H10O3/c1-3-9-15-12-7-5-11(6-8-12)13(14)16-10-4-2/h1-2,5-8H,9-10H2. The van der Waals surface area contributed by atoms with E-state index in [2.05, 4.69) is 11.8 Å². The van der Waals surface area contributed by atoms with Crippen molar-refractivity contribution in [3.05, 3.63) is 29.8 Å². The Morgan fingerprint density at radius 3 is 2.31 bits per heavy atom. The Morgan fingerprint density at radius 2 is 1.75 bits per heavy atom. The van der Waals surface area contributed by atoms with Crippen molar-refractivity contribution >= 4 is 5.97 Å². The lowest BCUT2D eigenvalue weighted by atomic mass is 10.2. The first kappa shape index (κ1) is 11.7. The van der Waals surface area contributed by atoms with Gasteiger partial charge in [0.25, 0.3) is 0 Å². The number of hydrogen-bond acceptors (Lipinski definition) is 3. The van der Waals surface area contributed by atoms with Gasteiger partial charge < -0.3 is 9.47 Å². The molecule has 0 radical (unpaired) electrons.